The van der Waals surface area contributed by atoms with Crippen molar-refractivity contribution >= 4 is 17.8 Å². The Hall–Kier alpha value is -2.49. The molecule has 4 N–H and O–H groups in total. The van der Waals surface area contributed by atoms with Crippen LogP contribution < -0.4 is 21.3 Å². The maximum Gasteiger partial charge on any atom is 0.231 e. The normalized spacial score (nSPS) is 11.0. The Morgan fingerprint density at radius 1 is 0.903 bits per heavy atom. The zero-order valence-electron chi connectivity index (χ0n) is 19.0. The molecule has 0 saturated carbocycles. The first-order valence-electron chi connectivity index (χ1n) is 10.9. The lowest BCUT2D eigenvalue weighted by atomic mass is 10.1. The first-order chi connectivity index (χ1) is 15.1. The van der Waals surface area contributed by atoms with Gasteiger partial charge in [0.1, 0.15) is 0 Å². The summed E-state index contributed by atoms with van der Waals surface area (Å²) in [7, 11) is 1.98. The van der Waals surface area contributed by atoms with Crippen LogP contribution in [0.1, 0.15) is 25.8 Å². The van der Waals surface area contributed by atoms with Crippen molar-refractivity contribution in [2.45, 2.75) is 26.8 Å². The fourth-order valence-electron chi connectivity index (χ4n) is 2.73. The van der Waals surface area contributed by atoms with E-state index >= 15 is 0 Å². The number of hydrogen-bond acceptors (Lipinski definition) is 9. The molecule has 1 heterocycles. The average molecular weight is 432 g/mol. The summed E-state index contributed by atoms with van der Waals surface area (Å²) >= 11 is 0. The lowest BCUT2D eigenvalue weighted by Gasteiger charge is -2.19. The number of hydrogen-bond donors (Lipinski definition) is 3. The zero-order valence-corrected chi connectivity index (χ0v) is 19.0. The van der Waals surface area contributed by atoms with Crippen LogP contribution in [0.5, 0.6) is 0 Å². The van der Waals surface area contributed by atoms with E-state index in [-0.39, 0.29) is 0 Å². The van der Waals surface area contributed by atoms with Gasteiger partial charge in [-0.25, -0.2) is 0 Å². The molecule has 31 heavy (non-hydrogen) atoms. The van der Waals surface area contributed by atoms with E-state index in [9.17, 15) is 0 Å². The largest absolute Gasteiger partial charge is 0.378 e. The van der Waals surface area contributed by atoms with Crippen LogP contribution in [0.25, 0.3) is 0 Å². The molecule has 1 aromatic carbocycles. The van der Waals surface area contributed by atoms with Crippen LogP contribution in [-0.2, 0) is 16.0 Å². The monoisotopic (exact) mass is 431 g/mol. The van der Waals surface area contributed by atoms with Crippen molar-refractivity contribution in [3.05, 3.63) is 35.9 Å². The van der Waals surface area contributed by atoms with E-state index in [1.54, 1.807) is 0 Å². The first-order valence-corrected chi connectivity index (χ1v) is 10.9. The zero-order chi connectivity index (χ0) is 22.3. The van der Waals surface area contributed by atoms with Crippen molar-refractivity contribution in [1.82, 2.24) is 15.0 Å². The topological polar surface area (TPSA) is 110 Å². The van der Waals surface area contributed by atoms with Gasteiger partial charge in [0.2, 0.25) is 17.8 Å². The molecule has 1 aromatic heterocycles. The van der Waals surface area contributed by atoms with E-state index in [4.69, 9.17) is 15.2 Å². The minimum absolute atomic E-state index is 0.523. The van der Waals surface area contributed by atoms with Gasteiger partial charge in [-0.3, -0.25) is 0 Å². The van der Waals surface area contributed by atoms with Crippen LogP contribution in [0.3, 0.4) is 0 Å². The van der Waals surface area contributed by atoms with Gasteiger partial charge in [-0.05, 0) is 17.9 Å². The molecular weight excluding hydrogens is 394 g/mol. The van der Waals surface area contributed by atoms with Crippen molar-refractivity contribution in [3.8, 4) is 0 Å². The maximum absolute atomic E-state index is 5.55. The van der Waals surface area contributed by atoms with Crippen molar-refractivity contribution < 1.29 is 9.47 Å². The predicted octanol–water partition coefficient (Wildman–Crippen LogP) is 2.37. The Kier molecular flexibility index (Phi) is 11.6. The summed E-state index contributed by atoms with van der Waals surface area (Å²) in [6.45, 7) is 9.19. The fraction of sp³-hybridized carbons (Fsp3) is 0.591. The molecule has 9 nitrogen and oxygen atoms in total. The Morgan fingerprint density at radius 2 is 1.55 bits per heavy atom. The number of aromatic nitrogens is 3. The molecule has 0 bridgehead atoms. The minimum Gasteiger partial charge on any atom is -0.378 e. The van der Waals surface area contributed by atoms with Gasteiger partial charge in [-0.1, -0.05) is 44.2 Å². The summed E-state index contributed by atoms with van der Waals surface area (Å²) in [5, 5.41) is 6.55. The summed E-state index contributed by atoms with van der Waals surface area (Å²) < 4.78 is 10.8. The highest BCUT2D eigenvalue weighted by atomic mass is 16.5. The molecule has 172 valence electrons. The number of benzene rings is 1. The molecule has 0 spiro atoms. The molecule has 0 radical (unpaired) electrons. The van der Waals surface area contributed by atoms with Gasteiger partial charge in [0.05, 0.1) is 26.4 Å². The molecule has 0 amide bonds. The van der Waals surface area contributed by atoms with Crippen LogP contribution in [0.4, 0.5) is 17.8 Å². The molecule has 0 aliphatic heterocycles. The molecule has 2 aromatic rings. The van der Waals surface area contributed by atoms with Gasteiger partial charge >= 0.3 is 0 Å². The Balaban J connectivity index is 1.94. The third-order valence-electron chi connectivity index (χ3n) is 4.40. The molecular formula is C22H37N7O2. The molecule has 9 heteroatoms. The van der Waals surface area contributed by atoms with Crippen molar-refractivity contribution in [3.63, 3.8) is 0 Å². The minimum atomic E-state index is 0.523. The van der Waals surface area contributed by atoms with E-state index in [0.29, 0.717) is 69.8 Å². The second-order valence-electron chi connectivity index (χ2n) is 7.67. The Morgan fingerprint density at radius 3 is 2.19 bits per heavy atom. The Labute approximate surface area is 185 Å². The standard InChI is InChI=1S/C22H37N7O2/c1-18(2)9-11-24-20-26-21(25-12-14-31-16-15-30-13-10-23)28-22(27-20)29(3)17-19-7-5-4-6-8-19/h4-8,18H,9-17,23H2,1-3H3,(H2,24,25,26,27,28). The lowest BCUT2D eigenvalue weighted by molar-refractivity contribution is 0.0547. The second-order valence-corrected chi connectivity index (χ2v) is 7.67. The van der Waals surface area contributed by atoms with Crippen molar-refractivity contribution in [2.75, 3.05) is 68.6 Å². The summed E-state index contributed by atoms with van der Waals surface area (Å²) in [6, 6.07) is 10.3. The second kappa shape index (κ2) is 14.5. The van der Waals surface area contributed by atoms with Crippen molar-refractivity contribution in [2.24, 2.45) is 11.7 Å². The number of nitrogens with zero attached hydrogens (tertiary/aromatic N) is 4. The van der Waals surface area contributed by atoms with E-state index in [1.165, 1.54) is 5.56 Å². The fourth-order valence-corrected chi connectivity index (χ4v) is 2.73. The summed E-state index contributed by atoms with van der Waals surface area (Å²) in [6.07, 6.45) is 1.05. The number of anilines is 3. The van der Waals surface area contributed by atoms with Gasteiger partial charge in [-0.2, -0.15) is 15.0 Å². The highest BCUT2D eigenvalue weighted by Gasteiger charge is 2.11. The van der Waals surface area contributed by atoms with Crippen LogP contribution >= 0.6 is 0 Å². The van der Waals surface area contributed by atoms with E-state index in [1.807, 2.05) is 30.1 Å². The predicted molar refractivity (Wildman–Crippen MR) is 126 cm³/mol. The smallest absolute Gasteiger partial charge is 0.231 e. The van der Waals surface area contributed by atoms with Crippen LogP contribution in [0.15, 0.2) is 30.3 Å². The summed E-state index contributed by atoms with van der Waals surface area (Å²) in [5.74, 6) is 2.33. The highest BCUT2D eigenvalue weighted by molar-refractivity contribution is 5.44. The number of nitrogens with one attached hydrogen (secondary N) is 2. The lowest BCUT2D eigenvalue weighted by Crippen LogP contribution is -2.22. The van der Waals surface area contributed by atoms with E-state index < -0.39 is 0 Å². The van der Waals surface area contributed by atoms with Gasteiger partial charge in [0, 0.05) is 33.2 Å². The third kappa shape index (κ3) is 10.4. The average Bonchev–Trinajstić information content (AvgIpc) is 2.76. The van der Waals surface area contributed by atoms with Gasteiger partial charge < -0.3 is 30.7 Å². The number of ether oxygens (including phenoxy) is 2. The molecule has 0 aliphatic rings. The van der Waals surface area contributed by atoms with E-state index in [2.05, 4.69) is 51.6 Å². The van der Waals surface area contributed by atoms with Crippen LogP contribution in [0, 0.1) is 5.92 Å². The van der Waals surface area contributed by atoms with Crippen LogP contribution in [-0.4, -0.2) is 68.1 Å². The van der Waals surface area contributed by atoms with Crippen molar-refractivity contribution in [1.29, 1.82) is 0 Å². The first kappa shape index (κ1) is 24.8. The number of rotatable bonds is 16. The third-order valence-corrected chi connectivity index (χ3v) is 4.40. The van der Waals surface area contributed by atoms with Gasteiger partial charge in [0.15, 0.2) is 0 Å². The summed E-state index contributed by atoms with van der Waals surface area (Å²) in [4.78, 5) is 15.7. The quantitative estimate of drug-likeness (QED) is 0.345. The number of nitrogens with two attached hydrogens (primary N) is 1. The van der Waals surface area contributed by atoms with Crippen LogP contribution in [0.2, 0.25) is 0 Å². The molecule has 0 atom stereocenters. The summed E-state index contributed by atoms with van der Waals surface area (Å²) in [5.41, 5.74) is 6.58. The molecule has 0 saturated heterocycles. The molecule has 2 rings (SSSR count). The Bertz CT molecular complexity index is 731. The molecule has 0 aliphatic carbocycles. The molecule has 0 fully saturated rings. The highest BCUT2D eigenvalue weighted by Crippen LogP contribution is 2.15. The maximum atomic E-state index is 5.55. The van der Waals surface area contributed by atoms with E-state index in [0.717, 1.165) is 13.0 Å². The molecule has 0 unspecified atom stereocenters. The SMILES string of the molecule is CC(C)CCNc1nc(NCCOCCOCCN)nc(N(C)Cc2ccccc2)n1. The van der Waals surface area contributed by atoms with Gasteiger partial charge in [0.25, 0.3) is 0 Å². The van der Waals surface area contributed by atoms with Gasteiger partial charge in [-0.15, -0.1) is 0 Å².